The van der Waals surface area contributed by atoms with Gasteiger partial charge in [-0.15, -0.1) is 3.89 Å². The van der Waals surface area contributed by atoms with E-state index in [-0.39, 0.29) is 17.9 Å². The number of hydrogen-bond donors (Lipinski definition) is 1. The van der Waals surface area contributed by atoms with Crippen LogP contribution < -0.4 is 0 Å². The Labute approximate surface area is 110 Å². The number of aromatic carboxylic acids is 1. The Morgan fingerprint density at radius 2 is 2.24 bits per heavy atom. The molecule has 0 aromatic carbocycles. The van der Waals surface area contributed by atoms with Crippen molar-refractivity contribution in [3.63, 3.8) is 0 Å². The summed E-state index contributed by atoms with van der Waals surface area (Å²) in [6.07, 6.45) is 2.69. The van der Waals surface area contributed by atoms with Gasteiger partial charge in [-0.1, -0.05) is 13.8 Å². The lowest BCUT2D eigenvalue weighted by Gasteiger charge is -1.94. The maximum atomic E-state index is 12.5. The maximum absolute atomic E-state index is 12.5. The molecular weight excluding hydrogens is 311 g/mol. The van der Waals surface area contributed by atoms with Crippen LogP contribution in [0.3, 0.4) is 0 Å². The van der Waals surface area contributed by atoms with Crippen molar-refractivity contribution >= 4 is 45.3 Å². The number of halogens is 2. The smallest absolute Gasteiger partial charge is 0.337 e. The minimum absolute atomic E-state index is 0.0314. The van der Waals surface area contributed by atoms with Crippen LogP contribution in [0.2, 0.25) is 0 Å². The highest BCUT2D eigenvalue weighted by molar-refractivity contribution is 9.10. The van der Waals surface area contributed by atoms with Crippen LogP contribution in [-0.4, -0.2) is 20.0 Å². The van der Waals surface area contributed by atoms with Gasteiger partial charge in [-0.25, -0.2) is 13.8 Å². The fourth-order valence-electron chi connectivity index (χ4n) is 1.28. The summed E-state index contributed by atoms with van der Waals surface area (Å²) in [6.45, 7) is 4.00. The lowest BCUT2D eigenvalue weighted by Crippen LogP contribution is -1.93. The molecule has 0 unspecified atom stereocenters. The van der Waals surface area contributed by atoms with E-state index in [1.165, 1.54) is 12.4 Å². The number of hydrogen-bond acceptors (Lipinski definition) is 3. The first-order valence-electron chi connectivity index (χ1n) is 4.82. The van der Waals surface area contributed by atoms with Crippen LogP contribution >= 0.6 is 28.3 Å². The van der Waals surface area contributed by atoms with Crippen molar-refractivity contribution in [2.24, 2.45) is 0 Å². The number of carbonyl (C=O) groups is 1. The molecule has 92 valence electrons. The number of pyridine rings is 1. The Hall–Kier alpha value is -1.08. The van der Waals surface area contributed by atoms with Gasteiger partial charge in [-0.2, -0.15) is 0 Å². The minimum atomic E-state index is -1.10. The highest BCUT2D eigenvalue weighted by Gasteiger charge is 2.15. The lowest BCUT2D eigenvalue weighted by atomic mass is 10.2. The standard InChI is InChI=1S/C8H4BrFN2O2S.C2H6/c9-4-1-5-6(8(13)14)3-12(15-10)7(5)11-2-4;1-2/h1-3H,(H,13,14);1-2H3. The lowest BCUT2D eigenvalue weighted by molar-refractivity contribution is 0.0699. The first-order valence-corrected chi connectivity index (χ1v) is 6.29. The second-order valence-electron chi connectivity index (χ2n) is 2.77. The Morgan fingerprint density at radius 1 is 1.59 bits per heavy atom. The molecule has 0 saturated carbocycles. The number of carboxylic acids is 1. The molecule has 4 nitrogen and oxygen atoms in total. The van der Waals surface area contributed by atoms with Gasteiger partial charge in [0.25, 0.3) is 0 Å². The Balaban J connectivity index is 0.000000686. The molecule has 0 aliphatic carbocycles. The molecule has 0 saturated heterocycles. The van der Waals surface area contributed by atoms with Gasteiger partial charge in [-0.05, 0) is 22.0 Å². The Kier molecular flexibility index (Phi) is 4.95. The van der Waals surface area contributed by atoms with Gasteiger partial charge < -0.3 is 5.11 Å². The van der Waals surface area contributed by atoms with E-state index in [2.05, 4.69) is 20.9 Å². The summed E-state index contributed by atoms with van der Waals surface area (Å²) < 4.78 is 14.2. The van der Waals surface area contributed by atoms with Crippen molar-refractivity contribution in [1.82, 2.24) is 8.96 Å². The summed E-state index contributed by atoms with van der Waals surface area (Å²) in [6, 6.07) is 1.60. The molecule has 0 aliphatic heterocycles. The molecule has 17 heavy (non-hydrogen) atoms. The SMILES string of the molecule is CC.O=C(O)c1cn(SF)c2ncc(Br)cc12. The molecule has 0 fully saturated rings. The molecule has 2 heterocycles. The normalized spacial score (nSPS) is 9.88. The van der Waals surface area contributed by atoms with E-state index >= 15 is 0 Å². The molecule has 0 radical (unpaired) electrons. The molecule has 2 aromatic rings. The molecule has 7 heteroatoms. The Bertz CT molecular complexity index is 544. The second-order valence-corrected chi connectivity index (χ2v) is 4.21. The van der Waals surface area contributed by atoms with E-state index in [1.807, 2.05) is 13.8 Å². The van der Waals surface area contributed by atoms with E-state index in [0.717, 1.165) is 3.97 Å². The largest absolute Gasteiger partial charge is 0.478 e. The number of rotatable bonds is 2. The molecule has 2 rings (SSSR count). The summed E-state index contributed by atoms with van der Waals surface area (Å²) in [4.78, 5) is 14.8. The van der Waals surface area contributed by atoms with Gasteiger partial charge >= 0.3 is 5.97 Å². The summed E-state index contributed by atoms with van der Waals surface area (Å²) in [5.41, 5.74) is 0.326. The highest BCUT2D eigenvalue weighted by Crippen LogP contribution is 2.26. The Morgan fingerprint density at radius 3 is 2.76 bits per heavy atom. The number of carboxylic acid groups (broad SMARTS) is 1. The van der Waals surface area contributed by atoms with Crippen LogP contribution in [0.15, 0.2) is 22.9 Å². The quantitative estimate of drug-likeness (QED) is 0.911. The van der Waals surface area contributed by atoms with E-state index in [9.17, 15) is 8.68 Å². The topological polar surface area (TPSA) is 55.1 Å². The molecule has 0 spiro atoms. The molecule has 0 atom stereocenters. The van der Waals surface area contributed by atoms with E-state index in [4.69, 9.17) is 5.11 Å². The third-order valence-corrected chi connectivity index (χ3v) is 2.74. The summed E-state index contributed by atoms with van der Waals surface area (Å²) in [5, 5.41) is 9.30. The van der Waals surface area contributed by atoms with Crippen LogP contribution in [0.25, 0.3) is 11.0 Å². The van der Waals surface area contributed by atoms with Crippen molar-refractivity contribution in [3.05, 3.63) is 28.5 Å². The molecule has 0 aliphatic rings. The van der Waals surface area contributed by atoms with Crippen molar-refractivity contribution in [3.8, 4) is 0 Å². The number of aromatic nitrogens is 2. The van der Waals surface area contributed by atoms with Crippen molar-refractivity contribution < 1.29 is 13.8 Å². The fourth-order valence-corrected chi connectivity index (χ4v) is 1.96. The van der Waals surface area contributed by atoms with E-state index < -0.39 is 5.97 Å². The molecule has 0 bridgehead atoms. The highest BCUT2D eigenvalue weighted by atomic mass is 79.9. The number of fused-ring (bicyclic) bond motifs is 1. The zero-order chi connectivity index (χ0) is 13.0. The van der Waals surface area contributed by atoms with Gasteiger partial charge in [0.2, 0.25) is 0 Å². The van der Waals surface area contributed by atoms with Gasteiger partial charge in [0.15, 0.2) is 18.0 Å². The first-order chi connectivity index (χ1) is 8.13. The average molecular weight is 321 g/mol. The number of nitrogens with zero attached hydrogens (tertiary/aromatic N) is 2. The van der Waals surface area contributed by atoms with Crippen LogP contribution in [0.4, 0.5) is 3.89 Å². The molecule has 0 amide bonds. The monoisotopic (exact) mass is 320 g/mol. The fraction of sp³-hybridized carbons (Fsp3) is 0.200. The van der Waals surface area contributed by atoms with Gasteiger partial charge in [0.1, 0.15) is 0 Å². The van der Waals surface area contributed by atoms with Crippen LogP contribution in [-0.2, 0) is 0 Å². The second kappa shape index (κ2) is 6.02. The third-order valence-electron chi connectivity index (χ3n) is 1.88. The minimum Gasteiger partial charge on any atom is -0.478 e. The summed E-state index contributed by atoms with van der Waals surface area (Å²) in [5.74, 6) is -1.10. The molecular formula is C10H10BrFN2O2S. The molecule has 1 N–H and O–H groups in total. The average Bonchev–Trinajstić information content (AvgIpc) is 2.69. The predicted octanol–water partition coefficient (Wildman–Crippen LogP) is 3.90. The molecule has 2 aromatic heterocycles. The zero-order valence-electron chi connectivity index (χ0n) is 9.15. The van der Waals surface area contributed by atoms with E-state index in [1.54, 1.807) is 6.07 Å². The van der Waals surface area contributed by atoms with Gasteiger partial charge in [0, 0.05) is 22.3 Å². The van der Waals surface area contributed by atoms with E-state index in [0.29, 0.717) is 15.5 Å². The van der Waals surface area contributed by atoms with Gasteiger partial charge in [-0.3, -0.25) is 0 Å². The van der Waals surface area contributed by atoms with Crippen LogP contribution in [0, 0.1) is 0 Å². The van der Waals surface area contributed by atoms with Crippen molar-refractivity contribution in [2.75, 3.05) is 0 Å². The first kappa shape index (κ1) is 14.0. The third kappa shape index (κ3) is 2.78. The van der Waals surface area contributed by atoms with Crippen LogP contribution in [0.5, 0.6) is 0 Å². The maximum Gasteiger partial charge on any atom is 0.337 e. The summed E-state index contributed by atoms with van der Waals surface area (Å²) >= 11 is 3.10. The van der Waals surface area contributed by atoms with Gasteiger partial charge in [0.05, 0.1) is 5.56 Å². The summed E-state index contributed by atoms with van der Waals surface area (Å²) in [7, 11) is 0. The predicted molar refractivity (Wildman–Crippen MR) is 69.8 cm³/mol. The van der Waals surface area contributed by atoms with Crippen molar-refractivity contribution in [1.29, 1.82) is 0 Å². The van der Waals surface area contributed by atoms with Crippen molar-refractivity contribution in [2.45, 2.75) is 13.8 Å². The zero-order valence-corrected chi connectivity index (χ0v) is 11.5. The van der Waals surface area contributed by atoms with Crippen LogP contribution in [0.1, 0.15) is 24.2 Å².